The van der Waals surface area contributed by atoms with Crippen LogP contribution in [0.3, 0.4) is 0 Å². The van der Waals surface area contributed by atoms with Crippen molar-refractivity contribution in [2.24, 2.45) is 20.9 Å². The van der Waals surface area contributed by atoms with Gasteiger partial charge in [-0.1, -0.05) is 140 Å². The van der Waals surface area contributed by atoms with Crippen molar-refractivity contribution in [3.8, 4) is 22.3 Å². The Bertz CT molecular complexity index is 2580. The van der Waals surface area contributed by atoms with Gasteiger partial charge in [0.15, 0.2) is 11.7 Å². The van der Waals surface area contributed by atoms with E-state index in [0.717, 1.165) is 34.5 Å². The molecule has 0 amide bonds. The van der Waals surface area contributed by atoms with E-state index in [4.69, 9.17) is 9.98 Å². The predicted molar refractivity (Wildman–Crippen MR) is 219 cm³/mol. The van der Waals surface area contributed by atoms with E-state index in [1.165, 1.54) is 50.1 Å². The first-order valence-corrected chi connectivity index (χ1v) is 18.5. The average Bonchev–Trinajstić information content (AvgIpc) is 3.55. The monoisotopic (exact) mass is 682 g/mol. The van der Waals surface area contributed by atoms with E-state index >= 15 is 0 Å². The predicted octanol–water partition coefficient (Wildman–Crippen LogP) is 10.9. The Balaban J connectivity index is 0.951. The molecule has 10 rings (SSSR count). The second-order valence-corrected chi connectivity index (χ2v) is 14.6. The highest BCUT2D eigenvalue weighted by atomic mass is 15.0. The summed E-state index contributed by atoms with van der Waals surface area (Å²) >= 11 is 0. The number of benzene rings is 6. The number of para-hydroxylation sites is 1. The molecule has 0 radical (unpaired) electrons. The van der Waals surface area contributed by atoms with Crippen LogP contribution in [0.4, 0.5) is 5.69 Å². The molecule has 0 heterocycles. The van der Waals surface area contributed by atoms with E-state index in [-0.39, 0.29) is 5.41 Å². The van der Waals surface area contributed by atoms with E-state index in [2.05, 4.69) is 133 Å². The summed E-state index contributed by atoms with van der Waals surface area (Å²) in [5.74, 6) is 1.93. The SMILES string of the molecule is C=N/C(=N\C(=N/Cc1ccccc1)c1ccc2c(c1)CC1C=CC(Nc3ccccc3-c3ccc4c5c3C5(C)c3ccccc3-4)=CC21)c1ccccc1. The van der Waals surface area contributed by atoms with Gasteiger partial charge in [-0.25, -0.2) is 9.98 Å². The van der Waals surface area contributed by atoms with Gasteiger partial charge in [-0.2, -0.15) is 0 Å². The molecule has 53 heavy (non-hydrogen) atoms. The fourth-order valence-electron chi connectivity index (χ4n) is 9.01. The zero-order valence-electron chi connectivity index (χ0n) is 29.6. The molecule has 4 aliphatic rings. The maximum Gasteiger partial charge on any atom is 0.161 e. The van der Waals surface area contributed by atoms with Gasteiger partial charge < -0.3 is 5.32 Å². The van der Waals surface area contributed by atoms with Gasteiger partial charge >= 0.3 is 0 Å². The Kier molecular flexibility index (Phi) is 7.33. The van der Waals surface area contributed by atoms with Gasteiger partial charge in [-0.3, -0.25) is 4.99 Å². The maximum atomic E-state index is 5.03. The molecule has 0 saturated carbocycles. The molecule has 0 fully saturated rings. The highest BCUT2D eigenvalue weighted by Gasteiger charge is 2.56. The first-order chi connectivity index (χ1) is 26.1. The van der Waals surface area contributed by atoms with Gasteiger partial charge in [0.2, 0.25) is 0 Å². The molecular formula is C49H38N4. The zero-order valence-corrected chi connectivity index (χ0v) is 29.6. The van der Waals surface area contributed by atoms with Crippen molar-refractivity contribution in [2.45, 2.75) is 31.2 Å². The number of anilines is 1. The summed E-state index contributed by atoms with van der Waals surface area (Å²) in [6.07, 6.45) is 8.05. The van der Waals surface area contributed by atoms with Crippen molar-refractivity contribution in [1.82, 2.24) is 0 Å². The molecular weight excluding hydrogens is 645 g/mol. The first-order valence-electron chi connectivity index (χ1n) is 18.5. The van der Waals surface area contributed by atoms with Crippen LogP contribution in [-0.2, 0) is 18.4 Å². The summed E-state index contributed by atoms with van der Waals surface area (Å²) in [7, 11) is 0. The van der Waals surface area contributed by atoms with Crippen molar-refractivity contribution in [3.63, 3.8) is 0 Å². The molecule has 4 nitrogen and oxygen atoms in total. The molecule has 1 N–H and O–H groups in total. The van der Waals surface area contributed by atoms with Crippen LogP contribution in [-0.4, -0.2) is 18.4 Å². The van der Waals surface area contributed by atoms with Crippen LogP contribution in [0.2, 0.25) is 0 Å². The summed E-state index contributed by atoms with van der Waals surface area (Å²) in [6, 6.07) is 49.3. The lowest BCUT2D eigenvalue weighted by atomic mass is 9.87. The fraction of sp³-hybridized carbons (Fsp3) is 0.122. The van der Waals surface area contributed by atoms with Crippen LogP contribution >= 0.6 is 0 Å². The Hall–Kier alpha value is -6.39. The van der Waals surface area contributed by atoms with Crippen LogP contribution in [0.15, 0.2) is 178 Å². The van der Waals surface area contributed by atoms with Crippen LogP contribution in [0.5, 0.6) is 0 Å². The Labute approximate surface area is 310 Å². The van der Waals surface area contributed by atoms with Gasteiger partial charge in [0.1, 0.15) is 0 Å². The van der Waals surface area contributed by atoms with Crippen molar-refractivity contribution >= 4 is 24.1 Å². The second-order valence-electron chi connectivity index (χ2n) is 14.6. The van der Waals surface area contributed by atoms with E-state index in [1.54, 1.807) is 0 Å². The highest BCUT2D eigenvalue weighted by molar-refractivity contribution is 6.12. The van der Waals surface area contributed by atoms with Crippen LogP contribution in [0.1, 0.15) is 57.3 Å². The number of allylic oxidation sites excluding steroid dienone is 3. The lowest BCUT2D eigenvalue weighted by Gasteiger charge is -2.22. The smallest absolute Gasteiger partial charge is 0.161 e. The fourth-order valence-corrected chi connectivity index (χ4v) is 9.01. The van der Waals surface area contributed by atoms with E-state index in [9.17, 15) is 0 Å². The number of aliphatic imine (C=N–C) groups is 3. The third kappa shape index (κ3) is 5.16. The van der Waals surface area contributed by atoms with Gasteiger partial charge in [0.05, 0.1) is 6.54 Å². The highest BCUT2D eigenvalue weighted by Crippen LogP contribution is 2.68. The van der Waals surface area contributed by atoms with Gasteiger partial charge in [0, 0.05) is 39.4 Å². The number of fused-ring (bicyclic) bond motifs is 7. The zero-order chi connectivity index (χ0) is 35.5. The molecule has 4 heteroatoms. The molecule has 0 aliphatic heterocycles. The molecule has 6 aromatic rings. The third-order valence-corrected chi connectivity index (χ3v) is 11.6. The topological polar surface area (TPSA) is 49.1 Å². The number of amidine groups is 2. The lowest BCUT2D eigenvalue weighted by molar-refractivity contribution is 0.626. The van der Waals surface area contributed by atoms with Crippen LogP contribution < -0.4 is 5.32 Å². The van der Waals surface area contributed by atoms with Crippen molar-refractivity contribution in [2.75, 3.05) is 5.32 Å². The standard InChI is InChI=1S/C49H38N4/c1-49-43-19-11-9-17-38(43)40-25-26-41(46(49)45(40)49)39-18-10-12-20-44(39)52-36-23-21-33-27-35-28-34(22-24-37(35)42(33)29-36)48(51-30-31-13-5-3-6-14-31)53-47(50-2)32-15-7-4-8-16-32/h3-26,28-29,33,42,52H,2,27,30H2,1H3/b51-48-,53-47-. The number of hydrogen-bond acceptors (Lipinski definition) is 2. The van der Waals surface area contributed by atoms with E-state index in [0.29, 0.717) is 30.1 Å². The summed E-state index contributed by atoms with van der Waals surface area (Å²) < 4.78 is 0. The van der Waals surface area contributed by atoms with Crippen LogP contribution in [0, 0.1) is 5.92 Å². The van der Waals surface area contributed by atoms with Crippen molar-refractivity contribution < 1.29 is 0 Å². The van der Waals surface area contributed by atoms with Gasteiger partial charge in [-0.15, -0.1) is 0 Å². The average molecular weight is 683 g/mol. The molecule has 3 atom stereocenters. The number of nitrogens with one attached hydrogen (secondary N) is 1. The van der Waals surface area contributed by atoms with Crippen molar-refractivity contribution in [3.05, 3.63) is 208 Å². The minimum Gasteiger partial charge on any atom is -0.355 e. The molecule has 0 spiro atoms. The molecule has 0 aromatic heterocycles. The lowest BCUT2D eigenvalue weighted by Crippen LogP contribution is -2.11. The van der Waals surface area contributed by atoms with E-state index in [1.807, 2.05) is 48.5 Å². The second kappa shape index (κ2) is 12.4. The van der Waals surface area contributed by atoms with E-state index < -0.39 is 0 Å². The molecule has 6 aromatic carbocycles. The summed E-state index contributed by atoms with van der Waals surface area (Å²) in [4.78, 5) is 14.3. The third-order valence-electron chi connectivity index (χ3n) is 11.6. The number of nitrogens with zero attached hydrogens (tertiary/aromatic N) is 3. The molecule has 0 saturated heterocycles. The van der Waals surface area contributed by atoms with Gasteiger partial charge in [0.25, 0.3) is 0 Å². The molecule has 3 unspecified atom stereocenters. The summed E-state index contributed by atoms with van der Waals surface area (Å²) in [5, 5.41) is 3.85. The Morgan fingerprint density at radius 1 is 0.717 bits per heavy atom. The first kappa shape index (κ1) is 31.4. The number of hydrogen-bond donors (Lipinski definition) is 1. The van der Waals surface area contributed by atoms with Crippen molar-refractivity contribution in [1.29, 1.82) is 0 Å². The minimum absolute atomic E-state index is 0.0181. The molecule has 254 valence electrons. The minimum atomic E-state index is 0.0181. The van der Waals surface area contributed by atoms with Crippen LogP contribution in [0.25, 0.3) is 22.3 Å². The summed E-state index contributed by atoms with van der Waals surface area (Å²) in [6.45, 7) is 6.76. The number of rotatable bonds is 7. The van der Waals surface area contributed by atoms with Gasteiger partial charge in [-0.05, 0) is 94.3 Å². The maximum absolute atomic E-state index is 5.03. The normalized spacial score (nSPS) is 20.2. The Morgan fingerprint density at radius 3 is 2.21 bits per heavy atom. The molecule has 4 aliphatic carbocycles. The Morgan fingerprint density at radius 2 is 1.42 bits per heavy atom. The molecule has 0 bridgehead atoms. The largest absolute Gasteiger partial charge is 0.355 e. The quantitative estimate of drug-likeness (QED) is 0.132. The summed E-state index contributed by atoms with van der Waals surface area (Å²) in [5.41, 5.74) is 17.8.